The van der Waals surface area contributed by atoms with E-state index in [0.717, 1.165) is 11.8 Å². The fourth-order valence-electron chi connectivity index (χ4n) is 4.60. The van der Waals surface area contributed by atoms with Gasteiger partial charge in [-0.25, -0.2) is 0 Å². The minimum atomic E-state index is 0.225. The molecular weight excluding hydrogens is 258 g/mol. The highest BCUT2D eigenvalue weighted by atomic mass is 15.2. The van der Waals surface area contributed by atoms with Crippen LogP contribution in [0.25, 0.3) is 0 Å². The van der Waals surface area contributed by atoms with Gasteiger partial charge in [0.25, 0.3) is 0 Å². The van der Waals surface area contributed by atoms with E-state index in [4.69, 9.17) is 0 Å². The second-order valence-electron chi connectivity index (χ2n) is 8.57. The Labute approximate surface area is 129 Å². The highest BCUT2D eigenvalue weighted by Gasteiger charge is 2.50. The molecule has 3 nitrogen and oxygen atoms in total. The molecule has 1 aromatic heterocycles. The maximum atomic E-state index is 4.32. The van der Waals surface area contributed by atoms with Gasteiger partial charge in [0.05, 0.1) is 6.20 Å². The standard InChI is InChI=1S/C18H31N3/c1-17(2,3)19-13-18(10-14-5-6-16(18)9-14)8-7-15-11-20-21(4)12-15/h11-12,14,16,19H,5-10,13H2,1-4H3. The van der Waals surface area contributed by atoms with E-state index in [2.05, 4.69) is 37.4 Å². The zero-order chi connectivity index (χ0) is 15.1. The van der Waals surface area contributed by atoms with Crippen molar-refractivity contribution in [3.63, 3.8) is 0 Å². The molecule has 2 bridgehead atoms. The van der Waals surface area contributed by atoms with Crippen molar-refractivity contribution in [3.05, 3.63) is 18.0 Å². The van der Waals surface area contributed by atoms with Gasteiger partial charge in [-0.1, -0.05) is 6.42 Å². The van der Waals surface area contributed by atoms with E-state index in [-0.39, 0.29) is 5.54 Å². The highest BCUT2D eigenvalue weighted by Crippen LogP contribution is 2.57. The lowest BCUT2D eigenvalue weighted by molar-refractivity contribution is 0.131. The zero-order valence-electron chi connectivity index (χ0n) is 14.2. The molecule has 0 spiro atoms. The van der Waals surface area contributed by atoms with Crippen LogP contribution in [-0.2, 0) is 13.5 Å². The van der Waals surface area contributed by atoms with Crippen molar-refractivity contribution in [1.29, 1.82) is 0 Å². The summed E-state index contributed by atoms with van der Waals surface area (Å²) in [5.41, 5.74) is 2.16. The Bertz CT molecular complexity index is 485. The van der Waals surface area contributed by atoms with Gasteiger partial charge in [-0.2, -0.15) is 5.10 Å². The summed E-state index contributed by atoms with van der Waals surface area (Å²) in [5.74, 6) is 1.96. The van der Waals surface area contributed by atoms with Crippen LogP contribution in [-0.4, -0.2) is 21.9 Å². The van der Waals surface area contributed by atoms with Crippen molar-refractivity contribution in [2.45, 2.75) is 64.8 Å². The van der Waals surface area contributed by atoms with Gasteiger partial charge in [-0.15, -0.1) is 0 Å². The number of nitrogens with one attached hydrogen (secondary N) is 1. The molecule has 2 saturated carbocycles. The van der Waals surface area contributed by atoms with Crippen LogP contribution in [0.2, 0.25) is 0 Å². The molecule has 1 N–H and O–H groups in total. The number of fused-ring (bicyclic) bond motifs is 2. The van der Waals surface area contributed by atoms with Crippen molar-refractivity contribution < 1.29 is 0 Å². The zero-order valence-corrected chi connectivity index (χ0v) is 14.2. The maximum Gasteiger partial charge on any atom is 0.0521 e. The molecular formula is C18H31N3. The third-order valence-corrected chi connectivity index (χ3v) is 5.74. The Morgan fingerprint density at radius 3 is 2.71 bits per heavy atom. The lowest BCUT2D eigenvalue weighted by Crippen LogP contribution is -2.46. The van der Waals surface area contributed by atoms with E-state index >= 15 is 0 Å². The lowest BCUT2D eigenvalue weighted by Gasteiger charge is -2.40. The average Bonchev–Trinajstić information content (AvgIpc) is 3.09. The third-order valence-electron chi connectivity index (χ3n) is 5.74. The minimum Gasteiger partial charge on any atom is -0.312 e. The second kappa shape index (κ2) is 5.42. The summed E-state index contributed by atoms with van der Waals surface area (Å²) in [6.45, 7) is 8.05. The number of hydrogen-bond acceptors (Lipinski definition) is 2. The second-order valence-corrected chi connectivity index (χ2v) is 8.57. The van der Waals surface area contributed by atoms with Crippen LogP contribution in [0.3, 0.4) is 0 Å². The molecule has 3 unspecified atom stereocenters. The molecule has 2 aliphatic carbocycles. The predicted molar refractivity (Wildman–Crippen MR) is 87.2 cm³/mol. The fourth-order valence-corrected chi connectivity index (χ4v) is 4.60. The molecule has 118 valence electrons. The smallest absolute Gasteiger partial charge is 0.0521 e. The van der Waals surface area contributed by atoms with Crippen LogP contribution >= 0.6 is 0 Å². The number of nitrogens with zero attached hydrogens (tertiary/aromatic N) is 2. The van der Waals surface area contributed by atoms with Crippen LogP contribution in [0.15, 0.2) is 12.4 Å². The van der Waals surface area contributed by atoms with E-state index in [1.807, 2.05) is 17.9 Å². The SMILES string of the molecule is Cn1cc(CCC2(CNC(C)(C)C)CC3CCC2C3)cn1. The van der Waals surface area contributed by atoms with Gasteiger partial charge in [0.1, 0.15) is 0 Å². The summed E-state index contributed by atoms with van der Waals surface area (Å²) in [6, 6.07) is 0. The fraction of sp³-hybridized carbons (Fsp3) is 0.833. The Balaban J connectivity index is 1.68. The molecule has 3 atom stereocenters. The minimum absolute atomic E-state index is 0.225. The first-order valence-electron chi connectivity index (χ1n) is 8.59. The number of hydrogen-bond donors (Lipinski definition) is 1. The Kier molecular flexibility index (Phi) is 3.89. The summed E-state index contributed by atoms with van der Waals surface area (Å²) in [7, 11) is 2.01. The average molecular weight is 289 g/mol. The van der Waals surface area contributed by atoms with E-state index in [0.29, 0.717) is 5.41 Å². The number of aromatic nitrogens is 2. The molecule has 3 rings (SSSR count). The van der Waals surface area contributed by atoms with Gasteiger partial charge >= 0.3 is 0 Å². The van der Waals surface area contributed by atoms with E-state index in [1.165, 1.54) is 50.6 Å². The molecule has 0 aromatic carbocycles. The summed E-state index contributed by atoms with van der Waals surface area (Å²) in [5, 5.41) is 8.13. The largest absolute Gasteiger partial charge is 0.312 e. The van der Waals surface area contributed by atoms with Crippen LogP contribution in [0.1, 0.15) is 58.4 Å². The molecule has 2 fully saturated rings. The summed E-state index contributed by atoms with van der Waals surface area (Å²) in [4.78, 5) is 0. The summed E-state index contributed by atoms with van der Waals surface area (Å²) in [6.07, 6.45) is 12.6. The van der Waals surface area contributed by atoms with Crippen molar-refractivity contribution in [1.82, 2.24) is 15.1 Å². The predicted octanol–water partition coefficient (Wildman–Crippen LogP) is 3.55. The molecule has 3 heteroatoms. The summed E-state index contributed by atoms with van der Waals surface area (Å²) < 4.78 is 1.93. The van der Waals surface area contributed by atoms with Crippen molar-refractivity contribution in [3.8, 4) is 0 Å². The van der Waals surface area contributed by atoms with Gasteiger partial charge in [-0.05, 0) is 75.7 Å². The first-order valence-corrected chi connectivity index (χ1v) is 8.59. The first-order chi connectivity index (χ1) is 9.86. The molecule has 1 aromatic rings. The monoisotopic (exact) mass is 289 g/mol. The molecule has 0 aliphatic heterocycles. The van der Waals surface area contributed by atoms with Crippen LogP contribution in [0.5, 0.6) is 0 Å². The molecule has 0 radical (unpaired) electrons. The van der Waals surface area contributed by atoms with E-state index in [9.17, 15) is 0 Å². The molecule has 0 amide bonds. The topological polar surface area (TPSA) is 29.9 Å². The van der Waals surface area contributed by atoms with E-state index < -0.39 is 0 Å². The number of aryl methyl sites for hydroxylation is 2. The van der Waals surface area contributed by atoms with Crippen molar-refractivity contribution in [2.24, 2.45) is 24.3 Å². The van der Waals surface area contributed by atoms with Gasteiger partial charge in [-0.3, -0.25) is 4.68 Å². The van der Waals surface area contributed by atoms with E-state index in [1.54, 1.807) is 0 Å². The quantitative estimate of drug-likeness (QED) is 0.898. The Morgan fingerprint density at radius 1 is 1.38 bits per heavy atom. The number of rotatable bonds is 5. The van der Waals surface area contributed by atoms with Gasteiger partial charge in [0.15, 0.2) is 0 Å². The van der Waals surface area contributed by atoms with Crippen LogP contribution in [0.4, 0.5) is 0 Å². The van der Waals surface area contributed by atoms with Gasteiger partial charge in [0, 0.05) is 25.3 Å². The first kappa shape index (κ1) is 15.1. The van der Waals surface area contributed by atoms with Crippen molar-refractivity contribution in [2.75, 3.05) is 6.54 Å². The Hall–Kier alpha value is -0.830. The lowest BCUT2D eigenvalue weighted by atomic mass is 9.69. The van der Waals surface area contributed by atoms with Crippen LogP contribution in [0, 0.1) is 17.3 Å². The molecule has 1 heterocycles. The van der Waals surface area contributed by atoms with Gasteiger partial charge < -0.3 is 5.32 Å². The summed E-state index contributed by atoms with van der Waals surface area (Å²) >= 11 is 0. The highest BCUT2D eigenvalue weighted by molar-refractivity contribution is 5.08. The van der Waals surface area contributed by atoms with Crippen molar-refractivity contribution >= 4 is 0 Å². The molecule has 21 heavy (non-hydrogen) atoms. The Morgan fingerprint density at radius 2 is 2.19 bits per heavy atom. The maximum absolute atomic E-state index is 4.32. The molecule has 2 aliphatic rings. The molecule has 0 saturated heterocycles. The van der Waals surface area contributed by atoms with Gasteiger partial charge in [0.2, 0.25) is 0 Å². The van der Waals surface area contributed by atoms with Crippen LogP contribution < -0.4 is 5.32 Å². The third kappa shape index (κ3) is 3.33. The normalized spacial score (nSPS) is 32.0.